The Labute approximate surface area is 223 Å². The van der Waals surface area contributed by atoms with E-state index in [1.165, 1.54) is 18.2 Å². The number of aromatic hydroxyl groups is 1. The number of para-hydroxylation sites is 1. The molecule has 0 spiro atoms. The second kappa shape index (κ2) is 8.60. The minimum atomic E-state index is -0.910. The van der Waals surface area contributed by atoms with Crippen LogP contribution in [-0.2, 0) is 19.2 Å². The van der Waals surface area contributed by atoms with E-state index in [1.807, 2.05) is 13.0 Å². The van der Waals surface area contributed by atoms with Crippen LogP contribution in [0.1, 0.15) is 36.8 Å². The van der Waals surface area contributed by atoms with E-state index in [0.29, 0.717) is 16.3 Å². The molecule has 4 aliphatic rings. The molecule has 1 fully saturated rings. The molecular weight excluding hydrogens is 509 g/mol. The molecule has 6 rings (SSSR count). The van der Waals surface area contributed by atoms with Crippen molar-refractivity contribution in [1.29, 1.82) is 0 Å². The maximum Gasteiger partial charge on any atom is 0.238 e. The number of fused-ring (bicyclic) bond motifs is 3. The topological polar surface area (TPSA) is 91.8 Å². The first-order valence-corrected chi connectivity index (χ1v) is 12.8. The highest BCUT2D eigenvalue weighted by Gasteiger charge is 2.56. The smallest absolute Gasteiger partial charge is 0.238 e. The molecule has 2 aromatic carbocycles. The molecule has 38 heavy (non-hydrogen) atoms. The minimum absolute atomic E-state index is 0.103. The SMILES string of the molecule is CC1=CC(=O)C2=C(C[C@@H]3C(=CC[C@@H]4C(=O)N(c5ccc(C)c(Cl)c5)C(=O)[C@@H]43)[C@@H]2c2cccc(F)c2O)C1=O. The number of hydrogen-bond acceptors (Lipinski definition) is 5. The Morgan fingerprint density at radius 2 is 1.79 bits per heavy atom. The van der Waals surface area contributed by atoms with E-state index in [4.69, 9.17) is 11.6 Å². The average molecular weight is 532 g/mol. The summed E-state index contributed by atoms with van der Waals surface area (Å²) < 4.78 is 14.5. The Morgan fingerprint density at radius 3 is 2.53 bits per heavy atom. The number of nitrogens with zero attached hydrogens (tertiary/aromatic N) is 1. The molecule has 2 aromatic rings. The first-order valence-electron chi connectivity index (χ1n) is 12.4. The monoisotopic (exact) mass is 531 g/mol. The molecule has 1 heterocycles. The third-order valence-corrected chi connectivity index (χ3v) is 8.71. The van der Waals surface area contributed by atoms with Gasteiger partial charge in [0.15, 0.2) is 23.1 Å². The highest BCUT2D eigenvalue weighted by Crippen LogP contribution is 2.56. The van der Waals surface area contributed by atoms with Crippen molar-refractivity contribution in [3.8, 4) is 5.75 Å². The lowest BCUT2D eigenvalue weighted by molar-refractivity contribution is -0.123. The van der Waals surface area contributed by atoms with Gasteiger partial charge in [-0.2, -0.15) is 0 Å². The van der Waals surface area contributed by atoms with E-state index < -0.39 is 41.1 Å². The summed E-state index contributed by atoms with van der Waals surface area (Å²) in [6.07, 6.45) is 3.43. The number of rotatable bonds is 2. The van der Waals surface area contributed by atoms with Crippen LogP contribution in [0.25, 0.3) is 0 Å². The maximum absolute atomic E-state index is 14.5. The molecule has 0 saturated carbocycles. The van der Waals surface area contributed by atoms with Crippen molar-refractivity contribution in [3.63, 3.8) is 0 Å². The summed E-state index contributed by atoms with van der Waals surface area (Å²) in [5.74, 6) is -5.81. The number of benzene rings is 2. The number of phenols is 1. The third kappa shape index (κ3) is 3.38. The molecule has 0 bridgehead atoms. The van der Waals surface area contributed by atoms with Gasteiger partial charge in [0, 0.05) is 33.2 Å². The summed E-state index contributed by atoms with van der Waals surface area (Å²) in [5, 5.41) is 11.1. The van der Waals surface area contributed by atoms with Gasteiger partial charge in [0.1, 0.15) is 0 Å². The molecule has 4 atom stereocenters. The lowest BCUT2D eigenvalue weighted by atomic mass is 9.59. The second-order valence-electron chi connectivity index (χ2n) is 10.4. The second-order valence-corrected chi connectivity index (χ2v) is 10.8. The molecule has 1 N–H and O–H groups in total. The van der Waals surface area contributed by atoms with E-state index in [2.05, 4.69) is 0 Å². The van der Waals surface area contributed by atoms with Gasteiger partial charge >= 0.3 is 0 Å². The van der Waals surface area contributed by atoms with E-state index in [1.54, 1.807) is 25.1 Å². The third-order valence-electron chi connectivity index (χ3n) is 8.30. The van der Waals surface area contributed by atoms with Gasteiger partial charge in [-0.05, 0) is 62.4 Å². The lowest BCUT2D eigenvalue weighted by Crippen LogP contribution is -2.39. The first-order chi connectivity index (χ1) is 18.1. The van der Waals surface area contributed by atoms with Crippen molar-refractivity contribution in [1.82, 2.24) is 0 Å². The van der Waals surface area contributed by atoms with Crippen molar-refractivity contribution < 1.29 is 28.7 Å². The van der Waals surface area contributed by atoms with E-state index in [-0.39, 0.29) is 52.6 Å². The molecule has 192 valence electrons. The van der Waals surface area contributed by atoms with Crippen LogP contribution in [-0.4, -0.2) is 28.5 Å². The summed E-state index contributed by atoms with van der Waals surface area (Å²) in [6, 6.07) is 9.07. The lowest BCUT2D eigenvalue weighted by Gasteiger charge is -2.42. The Hall–Kier alpha value is -3.84. The van der Waals surface area contributed by atoms with Gasteiger partial charge in [0.2, 0.25) is 11.8 Å². The van der Waals surface area contributed by atoms with E-state index in [9.17, 15) is 28.7 Å². The molecule has 8 heteroatoms. The van der Waals surface area contributed by atoms with Gasteiger partial charge in [0.25, 0.3) is 0 Å². The predicted molar refractivity (Wildman–Crippen MR) is 138 cm³/mol. The predicted octanol–water partition coefficient (Wildman–Crippen LogP) is 5.13. The Balaban J connectivity index is 1.50. The number of amides is 2. The average Bonchev–Trinajstić information content (AvgIpc) is 3.14. The van der Waals surface area contributed by atoms with Crippen molar-refractivity contribution in [2.24, 2.45) is 17.8 Å². The van der Waals surface area contributed by atoms with Crippen LogP contribution in [0.5, 0.6) is 5.75 Å². The van der Waals surface area contributed by atoms with E-state index >= 15 is 0 Å². The van der Waals surface area contributed by atoms with E-state index in [0.717, 1.165) is 16.5 Å². The quantitative estimate of drug-likeness (QED) is 0.330. The van der Waals surface area contributed by atoms with Gasteiger partial charge in [-0.1, -0.05) is 41.4 Å². The van der Waals surface area contributed by atoms with Crippen LogP contribution >= 0.6 is 11.6 Å². The van der Waals surface area contributed by atoms with Crippen molar-refractivity contribution >= 4 is 40.7 Å². The Bertz CT molecular complexity index is 1580. The molecular formula is C30H23ClFNO5. The minimum Gasteiger partial charge on any atom is -0.505 e. The number of imide groups is 1. The summed E-state index contributed by atoms with van der Waals surface area (Å²) in [6.45, 7) is 3.38. The summed E-state index contributed by atoms with van der Waals surface area (Å²) in [5.41, 5.74) is 2.71. The molecule has 1 saturated heterocycles. The summed E-state index contributed by atoms with van der Waals surface area (Å²) in [4.78, 5) is 55.1. The normalized spacial score (nSPS) is 26.7. The van der Waals surface area contributed by atoms with Crippen molar-refractivity contribution in [3.05, 3.63) is 92.8 Å². The molecule has 6 nitrogen and oxygen atoms in total. The van der Waals surface area contributed by atoms with Crippen molar-refractivity contribution in [2.45, 2.75) is 32.6 Å². The highest BCUT2D eigenvalue weighted by molar-refractivity contribution is 6.32. The maximum atomic E-state index is 14.5. The van der Waals surface area contributed by atoms with Crippen LogP contribution in [0.2, 0.25) is 5.02 Å². The summed E-state index contributed by atoms with van der Waals surface area (Å²) >= 11 is 6.29. The molecule has 0 unspecified atom stereocenters. The first kappa shape index (κ1) is 24.5. The Morgan fingerprint density at radius 1 is 1.03 bits per heavy atom. The number of aryl methyl sites for hydroxylation is 1. The van der Waals surface area contributed by atoms with Crippen molar-refractivity contribution in [2.75, 3.05) is 4.90 Å². The fourth-order valence-electron chi connectivity index (χ4n) is 6.48. The van der Waals surface area contributed by atoms with Gasteiger partial charge in [-0.3, -0.25) is 19.2 Å². The van der Waals surface area contributed by atoms with Gasteiger partial charge in [-0.15, -0.1) is 0 Å². The molecule has 0 aromatic heterocycles. The number of phenolic OH excluding ortho intramolecular Hbond substituents is 1. The van der Waals surface area contributed by atoms with Gasteiger partial charge in [0.05, 0.1) is 17.5 Å². The molecule has 2 amide bonds. The van der Waals surface area contributed by atoms with Gasteiger partial charge in [-0.25, -0.2) is 9.29 Å². The van der Waals surface area contributed by atoms with Crippen LogP contribution in [0.4, 0.5) is 10.1 Å². The van der Waals surface area contributed by atoms with Gasteiger partial charge < -0.3 is 5.11 Å². The Kier molecular flexibility index (Phi) is 5.54. The fraction of sp³-hybridized carbons (Fsp3) is 0.267. The number of anilines is 1. The number of carbonyl (C=O) groups excluding carboxylic acids is 4. The number of allylic oxidation sites excluding steroid dienone is 6. The zero-order chi connectivity index (χ0) is 27.0. The van der Waals surface area contributed by atoms with Crippen LogP contribution < -0.4 is 4.90 Å². The standard InChI is InChI=1S/C30H23ClFNO5/c1-13-6-7-15(11-21(13)31)33-29(37)18-9-8-16-19(25(18)30(33)38)12-20-26(23(34)10-14(2)27(20)35)24(16)17-4-3-5-22(32)28(17)36/h3-8,10-11,18-19,24-25,36H,9,12H2,1-2H3/t18-,19+,24+,25-/m0/s1. The van der Waals surface area contributed by atoms with Crippen LogP contribution in [0.3, 0.4) is 0 Å². The number of carbonyl (C=O) groups is 4. The molecule has 0 radical (unpaired) electrons. The molecule has 1 aliphatic heterocycles. The zero-order valence-electron chi connectivity index (χ0n) is 20.6. The number of hydrogen-bond donors (Lipinski definition) is 1. The molecule has 3 aliphatic carbocycles. The largest absolute Gasteiger partial charge is 0.505 e. The number of Topliss-reactive ketones (excluding diaryl/α,β-unsaturated/α-hetero) is 1. The van der Waals surface area contributed by atoms with Crippen LogP contribution in [0, 0.1) is 30.5 Å². The van der Waals surface area contributed by atoms with Crippen LogP contribution in [0.15, 0.2) is 70.8 Å². The fourth-order valence-corrected chi connectivity index (χ4v) is 6.65. The summed E-state index contributed by atoms with van der Waals surface area (Å²) in [7, 11) is 0. The zero-order valence-corrected chi connectivity index (χ0v) is 21.4. The number of halogens is 2. The number of ketones is 2. The highest BCUT2D eigenvalue weighted by atomic mass is 35.5.